The van der Waals surface area contributed by atoms with Crippen LogP contribution >= 0.6 is 0 Å². The molecule has 96 valence electrons. The van der Waals surface area contributed by atoms with E-state index in [1.807, 2.05) is 0 Å². The van der Waals surface area contributed by atoms with Crippen LogP contribution in [-0.4, -0.2) is 30.3 Å². The number of aromatic amines is 1. The Labute approximate surface area is 105 Å². The molecule has 0 aliphatic rings. The zero-order valence-electron chi connectivity index (χ0n) is 9.50. The van der Waals surface area contributed by atoms with Crippen molar-refractivity contribution in [1.82, 2.24) is 14.9 Å². The van der Waals surface area contributed by atoms with Gasteiger partial charge in [-0.05, 0) is 30.2 Å². The van der Waals surface area contributed by atoms with E-state index in [1.165, 1.54) is 12.3 Å². The lowest BCUT2D eigenvalue weighted by molar-refractivity contribution is 0.475. The average molecular weight is 267 g/mol. The summed E-state index contributed by atoms with van der Waals surface area (Å²) in [6.07, 6.45) is 1.93. The van der Waals surface area contributed by atoms with Gasteiger partial charge in [-0.25, -0.2) is 13.1 Å². The number of phenols is 1. The molecule has 1 aromatic heterocycles. The monoisotopic (exact) mass is 267 g/mol. The molecule has 2 rings (SSSR count). The predicted octanol–water partition coefficient (Wildman–Crippen LogP) is 0.636. The van der Waals surface area contributed by atoms with E-state index in [1.54, 1.807) is 24.3 Å². The van der Waals surface area contributed by atoms with Crippen molar-refractivity contribution in [2.45, 2.75) is 11.4 Å². The zero-order valence-corrected chi connectivity index (χ0v) is 10.3. The van der Waals surface area contributed by atoms with Crippen molar-refractivity contribution < 1.29 is 13.5 Å². The van der Waals surface area contributed by atoms with E-state index in [9.17, 15) is 8.42 Å². The first-order chi connectivity index (χ1) is 8.58. The highest BCUT2D eigenvalue weighted by Gasteiger charge is 2.14. The van der Waals surface area contributed by atoms with Crippen LogP contribution in [0.4, 0.5) is 0 Å². The standard InChI is InChI=1S/C11H13N3O3S/c15-10-3-1-9(2-4-10)5-8-13-18(16,17)11-6-7-12-14-11/h1-4,6-7,13,15H,5,8H2,(H,12,14). The number of H-pyrrole nitrogens is 1. The molecule has 0 bridgehead atoms. The minimum atomic E-state index is -3.51. The molecule has 0 radical (unpaired) electrons. The van der Waals surface area contributed by atoms with Gasteiger partial charge in [0.1, 0.15) is 5.75 Å². The molecule has 0 saturated heterocycles. The second-order valence-electron chi connectivity index (χ2n) is 3.74. The van der Waals surface area contributed by atoms with E-state index in [0.29, 0.717) is 6.42 Å². The summed E-state index contributed by atoms with van der Waals surface area (Å²) in [6.45, 7) is 0.284. The van der Waals surface area contributed by atoms with Crippen LogP contribution in [-0.2, 0) is 16.4 Å². The summed E-state index contributed by atoms with van der Waals surface area (Å²) in [5.74, 6) is 0.191. The number of nitrogens with one attached hydrogen (secondary N) is 2. The van der Waals surface area contributed by atoms with Gasteiger partial charge in [0, 0.05) is 6.54 Å². The molecule has 3 N–H and O–H groups in total. The number of hydrogen-bond acceptors (Lipinski definition) is 4. The molecule has 0 saturated carbocycles. The topological polar surface area (TPSA) is 95.1 Å². The van der Waals surface area contributed by atoms with Crippen molar-refractivity contribution in [3.05, 3.63) is 42.1 Å². The largest absolute Gasteiger partial charge is 0.508 e. The first-order valence-corrected chi connectivity index (χ1v) is 6.83. The molecule has 0 unspecified atom stereocenters. The summed E-state index contributed by atoms with van der Waals surface area (Å²) in [5, 5.41) is 15.2. The van der Waals surface area contributed by atoms with Crippen molar-refractivity contribution >= 4 is 10.0 Å². The molecule has 0 atom stereocenters. The quantitative estimate of drug-likeness (QED) is 0.740. The molecule has 18 heavy (non-hydrogen) atoms. The molecule has 1 aromatic carbocycles. The SMILES string of the molecule is O=S(=O)(NCCc1ccc(O)cc1)c1ccn[nH]1. The molecule has 2 aromatic rings. The second-order valence-corrected chi connectivity index (χ2v) is 5.47. The van der Waals surface area contributed by atoms with E-state index >= 15 is 0 Å². The fourth-order valence-corrected chi connectivity index (χ4v) is 2.40. The number of nitrogens with zero attached hydrogens (tertiary/aromatic N) is 1. The number of hydrogen-bond donors (Lipinski definition) is 3. The molecule has 0 aliphatic carbocycles. The van der Waals surface area contributed by atoms with Gasteiger partial charge in [0.15, 0.2) is 5.03 Å². The molecule has 0 fully saturated rings. The Kier molecular flexibility index (Phi) is 3.63. The van der Waals surface area contributed by atoms with E-state index in [-0.39, 0.29) is 17.3 Å². The maximum absolute atomic E-state index is 11.7. The van der Waals surface area contributed by atoms with Gasteiger partial charge in [-0.3, -0.25) is 5.10 Å². The van der Waals surface area contributed by atoms with Gasteiger partial charge in [0.05, 0.1) is 6.20 Å². The molecule has 0 aliphatic heterocycles. The van der Waals surface area contributed by atoms with Crippen LogP contribution in [0.15, 0.2) is 41.6 Å². The number of phenolic OH excluding ortho intramolecular Hbond substituents is 1. The van der Waals surface area contributed by atoms with Gasteiger partial charge < -0.3 is 5.11 Å². The highest BCUT2D eigenvalue weighted by Crippen LogP contribution is 2.10. The maximum atomic E-state index is 11.7. The lowest BCUT2D eigenvalue weighted by Gasteiger charge is -2.04. The van der Waals surface area contributed by atoms with Crippen LogP contribution in [0.2, 0.25) is 0 Å². The minimum absolute atomic E-state index is 0.0493. The Hall–Kier alpha value is -1.86. The highest BCUT2D eigenvalue weighted by atomic mass is 32.2. The Morgan fingerprint density at radius 1 is 1.22 bits per heavy atom. The number of sulfonamides is 1. The van der Waals surface area contributed by atoms with Crippen LogP contribution in [0.1, 0.15) is 5.56 Å². The molecule has 1 heterocycles. The van der Waals surface area contributed by atoms with Crippen LogP contribution in [0, 0.1) is 0 Å². The minimum Gasteiger partial charge on any atom is -0.508 e. The van der Waals surface area contributed by atoms with E-state index < -0.39 is 10.0 Å². The van der Waals surface area contributed by atoms with Crippen molar-refractivity contribution in [2.75, 3.05) is 6.54 Å². The summed E-state index contributed by atoms with van der Waals surface area (Å²) >= 11 is 0. The molecule has 7 heteroatoms. The second kappa shape index (κ2) is 5.19. The van der Waals surface area contributed by atoms with Gasteiger partial charge in [0.2, 0.25) is 0 Å². The summed E-state index contributed by atoms with van der Waals surface area (Å²) in [6, 6.07) is 8.03. The third-order valence-corrected chi connectivity index (χ3v) is 3.80. The van der Waals surface area contributed by atoms with Gasteiger partial charge in [-0.1, -0.05) is 12.1 Å². The van der Waals surface area contributed by atoms with Crippen molar-refractivity contribution in [1.29, 1.82) is 0 Å². The van der Waals surface area contributed by atoms with Crippen LogP contribution in [0.5, 0.6) is 5.75 Å². The lowest BCUT2D eigenvalue weighted by Crippen LogP contribution is -2.26. The fraction of sp³-hybridized carbons (Fsp3) is 0.182. The number of benzene rings is 1. The normalized spacial score (nSPS) is 11.6. The first kappa shape index (κ1) is 12.6. The van der Waals surface area contributed by atoms with Gasteiger partial charge in [-0.15, -0.1) is 0 Å². The number of aromatic nitrogens is 2. The van der Waals surface area contributed by atoms with Crippen molar-refractivity contribution in [3.8, 4) is 5.75 Å². The van der Waals surface area contributed by atoms with Crippen molar-refractivity contribution in [2.24, 2.45) is 0 Å². The molecular weight excluding hydrogens is 254 g/mol. The first-order valence-electron chi connectivity index (χ1n) is 5.35. The van der Waals surface area contributed by atoms with E-state index in [0.717, 1.165) is 5.56 Å². The van der Waals surface area contributed by atoms with Gasteiger partial charge in [0.25, 0.3) is 10.0 Å². The van der Waals surface area contributed by atoms with E-state index in [4.69, 9.17) is 5.11 Å². The predicted molar refractivity (Wildman–Crippen MR) is 65.6 cm³/mol. The summed E-state index contributed by atoms with van der Waals surface area (Å²) in [4.78, 5) is 0. The summed E-state index contributed by atoms with van der Waals surface area (Å²) in [7, 11) is -3.51. The smallest absolute Gasteiger partial charge is 0.257 e. The lowest BCUT2D eigenvalue weighted by atomic mass is 10.1. The Morgan fingerprint density at radius 3 is 2.56 bits per heavy atom. The number of rotatable bonds is 5. The average Bonchev–Trinajstić information content (AvgIpc) is 2.86. The molecule has 0 amide bonds. The Balaban J connectivity index is 1.91. The van der Waals surface area contributed by atoms with Crippen molar-refractivity contribution in [3.63, 3.8) is 0 Å². The molecule has 0 spiro atoms. The summed E-state index contributed by atoms with van der Waals surface area (Å²) < 4.78 is 25.9. The zero-order chi connectivity index (χ0) is 13.0. The Morgan fingerprint density at radius 2 is 1.94 bits per heavy atom. The van der Waals surface area contributed by atoms with Crippen LogP contribution < -0.4 is 4.72 Å². The van der Waals surface area contributed by atoms with Gasteiger partial charge in [-0.2, -0.15) is 5.10 Å². The third kappa shape index (κ3) is 3.08. The maximum Gasteiger partial charge on any atom is 0.257 e. The third-order valence-electron chi connectivity index (χ3n) is 2.41. The van der Waals surface area contributed by atoms with Crippen LogP contribution in [0.3, 0.4) is 0 Å². The fourth-order valence-electron chi connectivity index (χ4n) is 1.46. The number of aromatic hydroxyl groups is 1. The Bertz CT molecular complexity index is 591. The van der Waals surface area contributed by atoms with Crippen LogP contribution in [0.25, 0.3) is 0 Å². The van der Waals surface area contributed by atoms with Gasteiger partial charge >= 0.3 is 0 Å². The highest BCUT2D eigenvalue weighted by molar-refractivity contribution is 7.89. The molecular formula is C11H13N3O3S. The molecule has 6 nitrogen and oxygen atoms in total. The summed E-state index contributed by atoms with van der Waals surface area (Å²) in [5.41, 5.74) is 0.945. The van der Waals surface area contributed by atoms with E-state index in [2.05, 4.69) is 14.9 Å².